The topological polar surface area (TPSA) is 69.0 Å². The van der Waals surface area contributed by atoms with Crippen molar-refractivity contribution in [2.45, 2.75) is 25.8 Å². The monoisotopic (exact) mass is 350 g/mol. The molecule has 2 heterocycles. The summed E-state index contributed by atoms with van der Waals surface area (Å²) in [6.07, 6.45) is 2.29. The van der Waals surface area contributed by atoms with Crippen LogP contribution in [0, 0.1) is 5.92 Å². The SMILES string of the molecule is O=C(NCCCn1nnc2ccccc21)[C@@H]1CCOc2ccccc2C1. The minimum absolute atomic E-state index is 0.0362. The van der Waals surface area contributed by atoms with Crippen molar-refractivity contribution in [2.75, 3.05) is 13.2 Å². The Hall–Kier alpha value is -2.89. The summed E-state index contributed by atoms with van der Waals surface area (Å²) in [5.41, 5.74) is 3.03. The molecule has 6 nitrogen and oxygen atoms in total. The fraction of sp³-hybridized carbons (Fsp3) is 0.350. The second-order valence-corrected chi connectivity index (χ2v) is 6.59. The summed E-state index contributed by atoms with van der Waals surface area (Å²) in [5, 5.41) is 11.4. The summed E-state index contributed by atoms with van der Waals surface area (Å²) >= 11 is 0. The van der Waals surface area contributed by atoms with Gasteiger partial charge in [-0.05, 0) is 43.0 Å². The van der Waals surface area contributed by atoms with Crippen LogP contribution in [0.15, 0.2) is 48.5 Å². The number of hydrogen-bond acceptors (Lipinski definition) is 4. The van der Waals surface area contributed by atoms with Gasteiger partial charge in [-0.3, -0.25) is 4.79 Å². The molecule has 0 fully saturated rings. The van der Waals surface area contributed by atoms with Gasteiger partial charge >= 0.3 is 0 Å². The Morgan fingerprint density at radius 2 is 2.04 bits per heavy atom. The van der Waals surface area contributed by atoms with Crippen molar-refractivity contribution in [3.05, 3.63) is 54.1 Å². The molecule has 0 radical (unpaired) electrons. The average molecular weight is 350 g/mol. The van der Waals surface area contributed by atoms with Crippen LogP contribution in [-0.4, -0.2) is 34.1 Å². The second-order valence-electron chi connectivity index (χ2n) is 6.59. The quantitative estimate of drug-likeness (QED) is 0.718. The number of nitrogens with one attached hydrogen (secondary N) is 1. The Morgan fingerprint density at radius 3 is 3.00 bits per heavy atom. The van der Waals surface area contributed by atoms with E-state index in [0.717, 1.165) is 48.2 Å². The van der Waals surface area contributed by atoms with Crippen molar-refractivity contribution in [3.8, 4) is 5.75 Å². The third-order valence-corrected chi connectivity index (χ3v) is 4.80. The van der Waals surface area contributed by atoms with Crippen LogP contribution in [-0.2, 0) is 17.8 Å². The molecule has 0 unspecified atom stereocenters. The van der Waals surface area contributed by atoms with Crippen molar-refractivity contribution in [2.24, 2.45) is 5.92 Å². The molecular weight excluding hydrogens is 328 g/mol. The highest BCUT2D eigenvalue weighted by atomic mass is 16.5. The Kier molecular flexibility index (Phi) is 4.82. The first-order valence-corrected chi connectivity index (χ1v) is 9.08. The van der Waals surface area contributed by atoms with Gasteiger partial charge in [0.25, 0.3) is 0 Å². The summed E-state index contributed by atoms with van der Waals surface area (Å²) < 4.78 is 7.63. The van der Waals surface area contributed by atoms with Gasteiger partial charge in [0, 0.05) is 19.0 Å². The fourth-order valence-corrected chi connectivity index (χ4v) is 3.38. The van der Waals surface area contributed by atoms with Crippen LogP contribution in [0.4, 0.5) is 0 Å². The zero-order valence-corrected chi connectivity index (χ0v) is 14.6. The van der Waals surface area contributed by atoms with Crippen LogP contribution in [0.3, 0.4) is 0 Å². The maximum absolute atomic E-state index is 12.5. The van der Waals surface area contributed by atoms with Crippen LogP contribution in [0.1, 0.15) is 18.4 Å². The first-order valence-electron chi connectivity index (χ1n) is 9.08. The van der Waals surface area contributed by atoms with E-state index in [2.05, 4.69) is 15.6 Å². The number of benzene rings is 2. The van der Waals surface area contributed by atoms with E-state index in [1.807, 2.05) is 53.2 Å². The summed E-state index contributed by atoms with van der Waals surface area (Å²) in [6.45, 7) is 1.95. The number of carbonyl (C=O) groups is 1. The normalized spacial score (nSPS) is 16.5. The van der Waals surface area contributed by atoms with Crippen molar-refractivity contribution < 1.29 is 9.53 Å². The number of rotatable bonds is 5. The molecule has 3 aromatic rings. The van der Waals surface area contributed by atoms with E-state index >= 15 is 0 Å². The van der Waals surface area contributed by atoms with Gasteiger partial charge in [0.2, 0.25) is 5.91 Å². The molecule has 4 rings (SSSR count). The van der Waals surface area contributed by atoms with Crippen LogP contribution >= 0.6 is 0 Å². The molecular formula is C20H22N4O2. The lowest BCUT2D eigenvalue weighted by Gasteiger charge is -2.14. The van der Waals surface area contributed by atoms with Crippen LogP contribution < -0.4 is 10.1 Å². The van der Waals surface area contributed by atoms with E-state index in [1.54, 1.807) is 0 Å². The number of aryl methyl sites for hydroxylation is 1. The first-order chi connectivity index (χ1) is 12.8. The van der Waals surface area contributed by atoms with Gasteiger partial charge in [0.05, 0.1) is 12.1 Å². The molecule has 0 aliphatic carbocycles. The van der Waals surface area contributed by atoms with Crippen LogP contribution in [0.25, 0.3) is 11.0 Å². The zero-order valence-electron chi connectivity index (χ0n) is 14.6. The summed E-state index contributed by atoms with van der Waals surface area (Å²) in [6, 6.07) is 15.9. The van der Waals surface area contributed by atoms with E-state index < -0.39 is 0 Å². The minimum atomic E-state index is -0.0362. The standard InChI is InChI=1S/C20H22N4O2/c25-20(16-10-13-26-19-9-4-1-6-15(19)14-16)21-11-5-12-24-18-8-3-2-7-17(18)22-23-24/h1-4,6-9,16H,5,10-14H2,(H,21,25)/t16-/m1/s1. The molecule has 134 valence electrons. The highest BCUT2D eigenvalue weighted by Crippen LogP contribution is 2.26. The Bertz CT molecular complexity index is 905. The summed E-state index contributed by atoms with van der Waals surface area (Å²) in [7, 11) is 0. The highest BCUT2D eigenvalue weighted by Gasteiger charge is 2.23. The summed E-state index contributed by atoms with van der Waals surface area (Å²) in [4.78, 5) is 12.5. The van der Waals surface area contributed by atoms with E-state index in [0.29, 0.717) is 13.2 Å². The number of para-hydroxylation sites is 2. The largest absolute Gasteiger partial charge is 0.493 e. The molecule has 1 atom stereocenters. The average Bonchev–Trinajstić information content (AvgIpc) is 2.95. The number of ether oxygens (including phenoxy) is 1. The Labute approximate surface area is 152 Å². The number of hydrogen-bond donors (Lipinski definition) is 1. The number of aromatic nitrogens is 3. The number of carbonyl (C=O) groups excluding carboxylic acids is 1. The third kappa shape index (κ3) is 3.54. The van der Waals surface area contributed by atoms with E-state index in [1.165, 1.54) is 0 Å². The lowest BCUT2D eigenvalue weighted by atomic mass is 9.96. The van der Waals surface area contributed by atoms with Crippen molar-refractivity contribution in [1.82, 2.24) is 20.3 Å². The van der Waals surface area contributed by atoms with E-state index in [9.17, 15) is 4.79 Å². The maximum atomic E-state index is 12.5. The van der Waals surface area contributed by atoms with Gasteiger partial charge in [-0.1, -0.05) is 35.5 Å². The molecule has 0 spiro atoms. The van der Waals surface area contributed by atoms with E-state index in [-0.39, 0.29) is 11.8 Å². The molecule has 1 amide bonds. The molecule has 2 aromatic carbocycles. The van der Waals surface area contributed by atoms with Gasteiger partial charge < -0.3 is 10.1 Å². The summed E-state index contributed by atoms with van der Waals surface area (Å²) in [5.74, 6) is 0.973. The molecule has 1 aliphatic rings. The molecule has 0 saturated heterocycles. The maximum Gasteiger partial charge on any atom is 0.223 e. The van der Waals surface area contributed by atoms with Crippen LogP contribution in [0.2, 0.25) is 0 Å². The molecule has 1 aromatic heterocycles. The van der Waals surface area contributed by atoms with Gasteiger partial charge in [0.1, 0.15) is 11.3 Å². The first kappa shape index (κ1) is 16.6. The number of fused-ring (bicyclic) bond motifs is 2. The predicted molar refractivity (Wildman–Crippen MR) is 98.9 cm³/mol. The van der Waals surface area contributed by atoms with Crippen molar-refractivity contribution in [3.63, 3.8) is 0 Å². The lowest BCUT2D eigenvalue weighted by Crippen LogP contribution is -2.33. The van der Waals surface area contributed by atoms with Gasteiger partial charge in [-0.15, -0.1) is 5.10 Å². The van der Waals surface area contributed by atoms with Gasteiger partial charge in [0.15, 0.2) is 0 Å². The van der Waals surface area contributed by atoms with Crippen LogP contribution in [0.5, 0.6) is 5.75 Å². The Balaban J connectivity index is 1.29. The number of amides is 1. The lowest BCUT2D eigenvalue weighted by molar-refractivity contribution is -0.125. The van der Waals surface area contributed by atoms with Crippen molar-refractivity contribution in [1.29, 1.82) is 0 Å². The minimum Gasteiger partial charge on any atom is -0.493 e. The Morgan fingerprint density at radius 1 is 1.19 bits per heavy atom. The molecule has 1 N–H and O–H groups in total. The van der Waals surface area contributed by atoms with Gasteiger partial charge in [-0.25, -0.2) is 4.68 Å². The van der Waals surface area contributed by atoms with E-state index in [4.69, 9.17) is 4.74 Å². The third-order valence-electron chi connectivity index (χ3n) is 4.80. The second kappa shape index (κ2) is 7.56. The molecule has 6 heteroatoms. The zero-order chi connectivity index (χ0) is 17.8. The fourth-order valence-electron chi connectivity index (χ4n) is 3.38. The van der Waals surface area contributed by atoms with Crippen molar-refractivity contribution >= 4 is 16.9 Å². The smallest absolute Gasteiger partial charge is 0.223 e. The molecule has 1 aliphatic heterocycles. The molecule has 0 bridgehead atoms. The van der Waals surface area contributed by atoms with Gasteiger partial charge in [-0.2, -0.15) is 0 Å². The highest BCUT2D eigenvalue weighted by molar-refractivity contribution is 5.79. The predicted octanol–water partition coefficient (Wildman–Crippen LogP) is 2.58. The molecule has 0 saturated carbocycles. The molecule has 26 heavy (non-hydrogen) atoms. The number of nitrogens with zero attached hydrogens (tertiary/aromatic N) is 3.